The topological polar surface area (TPSA) is 101 Å². The molecule has 0 bridgehead atoms. The number of nitrogens with zero attached hydrogens (tertiary/aromatic N) is 3. The molecule has 2 aromatic heterocycles. The summed E-state index contributed by atoms with van der Waals surface area (Å²) in [7, 11) is 0. The lowest BCUT2D eigenvalue weighted by atomic mass is 10.2. The Morgan fingerprint density at radius 3 is 2.30 bits per heavy atom. The molecule has 9 heteroatoms. The molecular weight excluding hydrogens is 434 g/mol. The van der Waals surface area contributed by atoms with E-state index in [1.165, 1.54) is 0 Å². The van der Waals surface area contributed by atoms with E-state index in [1.54, 1.807) is 12.4 Å². The molecule has 1 aliphatic heterocycles. The Morgan fingerprint density at radius 1 is 1.06 bits per heavy atom. The summed E-state index contributed by atoms with van der Waals surface area (Å²) in [5, 5.41) is 15.4. The number of rotatable bonds is 4. The lowest BCUT2D eigenvalue weighted by molar-refractivity contribution is -0.0478. The smallest absolute Gasteiger partial charge is 0.175 e. The van der Waals surface area contributed by atoms with E-state index < -0.39 is 0 Å². The highest BCUT2D eigenvalue weighted by Gasteiger charge is 2.26. The molecule has 0 amide bonds. The van der Waals surface area contributed by atoms with Crippen LogP contribution < -0.4 is 10.6 Å². The summed E-state index contributed by atoms with van der Waals surface area (Å²) in [6, 6.07) is 15.1. The van der Waals surface area contributed by atoms with E-state index in [2.05, 4.69) is 39.3 Å². The highest BCUT2D eigenvalue weighted by Crippen LogP contribution is 2.17. The van der Waals surface area contributed by atoms with Crippen molar-refractivity contribution in [3.8, 4) is 0 Å². The van der Waals surface area contributed by atoms with Crippen molar-refractivity contribution in [2.45, 2.75) is 26.1 Å². The lowest BCUT2D eigenvalue weighted by Gasteiger charge is -2.37. The summed E-state index contributed by atoms with van der Waals surface area (Å²) < 4.78 is 5.87. The first kappa shape index (κ1) is 22.6. The summed E-state index contributed by atoms with van der Waals surface area (Å²) >= 11 is 5.37. The highest BCUT2D eigenvalue weighted by molar-refractivity contribution is 7.80. The van der Waals surface area contributed by atoms with Crippen LogP contribution in [0.4, 0.5) is 11.4 Å². The Balaban J connectivity index is 1.47. The molecule has 170 valence electrons. The van der Waals surface area contributed by atoms with E-state index in [9.17, 15) is 0 Å². The fourth-order valence-electron chi connectivity index (χ4n) is 3.73. The van der Waals surface area contributed by atoms with Crippen molar-refractivity contribution in [2.24, 2.45) is 4.99 Å². The van der Waals surface area contributed by atoms with Gasteiger partial charge in [0.25, 0.3) is 0 Å². The van der Waals surface area contributed by atoms with Gasteiger partial charge in [-0.3, -0.25) is 10.4 Å². The maximum absolute atomic E-state index is 8.62. The van der Waals surface area contributed by atoms with Crippen LogP contribution >= 0.6 is 12.2 Å². The number of amidine groups is 2. The van der Waals surface area contributed by atoms with Gasteiger partial charge in [-0.2, -0.15) is 0 Å². The minimum Gasteiger partial charge on any atom is -0.372 e. The molecule has 3 heterocycles. The zero-order chi connectivity index (χ0) is 23.2. The van der Waals surface area contributed by atoms with Gasteiger partial charge in [0.2, 0.25) is 0 Å². The Kier molecular flexibility index (Phi) is 7.11. The van der Waals surface area contributed by atoms with Gasteiger partial charge in [-0.1, -0.05) is 0 Å². The van der Waals surface area contributed by atoms with Crippen molar-refractivity contribution in [1.82, 2.24) is 14.9 Å². The van der Waals surface area contributed by atoms with Crippen LogP contribution in [0.25, 0.3) is 0 Å². The molecule has 0 radical (unpaired) electrons. The molecule has 0 aliphatic carbocycles. The van der Waals surface area contributed by atoms with Gasteiger partial charge in [0.05, 0.1) is 17.9 Å². The molecule has 1 fully saturated rings. The van der Waals surface area contributed by atoms with E-state index >= 15 is 0 Å². The maximum Gasteiger partial charge on any atom is 0.175 e. The summed E-state index contributed by atoms with van der Waals surface area (Å²) in [6.07, 6.45) is 5.46. The number of hydrogen-bond donors (Lipinski definition) is 4. The molecule has 2 atom stereocenters. The van der Waals surface area contributed by atoms with Gasteiger partial charge in [0.1, 0.15) is 0 Å². The predicted octanol–water partition coefficient (Wildman–Crippen LogP) is 4.10. The number of ether oxygens (including phenoxy) is 1. The van der Waals surface area contributed by atoms with Crippen LogP contribution in [-0.4, -0.2) is 56.9 Å². The van der Waals surface area contributed by atoms with Crippen LogP contribution in [0.2, 0.25) is 0 Å². The Morgan fingerprint density at radius 2 is 1.70 bits per heavy atom. The number of thiocarbonyl (C=S) groups is 1. The third-order valence-corrected chi connectivity index (χ3v) is 5.33. The second-order valence-electron chi connectivity index (χ2n) is 7.92. The normalized spacial score (nSPS) is 18.6. The van der Waals surface area contributed by atoms with Crippen molar-refractivity contribution in [3.63, 3.8) is 0 Å². The predicted molar refractivity (Wildman–Crippen MR) is 136 cm³/mol. The number of benzene rings is 1. The maximum atomic E-state index is 8.62. The average molecular weight is 462 g/mol. The third-order valence-electron chi connectivity index (χ3n) is 5.13. The molecule has 8 nitrogen and oxygen atoms in total. The summed E-state index contributed by atoms with van der Waals surface area (Å²) in [5.74, 6) is 0.937. The first-order valence-corrected chi connectivity index (χ1v) is 11.2. The number of anilines is 2. The monoisotopic (exact) mass is 461 g/mol. The Hall–Kier alpha value is -3.56. The van der Waals surface area contributed by atoms with Crippen LogP contribution in [0.3, 0.4) is 0 Å². The largest absolute Gasteiger partial charge is 0.372 e. The lowest BCUT2D eigenvalue weighted by Crippen LogP contribution is -2.48. The molecule has 4 N–H and O–H groups in total. The molecule has 0 saturated carbocycles. The van der Waals surface area contributed by atoms with Crippen LogP contribution in [0, 0.1) is 5.41 Å². The number of morpholine rings is 1. The van der Waals surface area contributed by atoms with Crippen molar-refractivity contribution in [2.75, 3.05) is 23.7 Å². The number of aliphatic imine (C=N–C) groups is 1. The van der Waals surface area contributed by atoms with Crippen molar-refractivity contribution in [3.05, 3.63) is 78.4 Å². The zero-order valence-corrected chi connectivity index (χ0v) is 19.4. The highest BCUT2D eigenvalue weighted by atomic mass is 32.1. The molecule has 33 heavy (non-hydrogen) atoms. The first-order chi connectivity index (χ1) is 16.0. The fraction of sp³-hybridized carbons (Fsp3) is 0.250. The molecule has 1 saturated heterocycles. The summed E-state index contributed by atoms with van der Waals surface area (Å²) in [6.45, 7) is 5.56. The molecular formula is C24H27N7OS. The zero-order valence-electron chi connectivity index (χ0n) is 18.6. The number of aromatic amines is 1. The van der Waals surface area contributed by atoms with E-state index in [0.717, 1.165) is 36.0 Å². The quantitative estimate of drug-likeness (QED) is 0.265. The number of pyridine rings is 1. The van der Waals surface area contributed by atoms with Gasteiger partial charge < -0.3 is 25.3 Å². The molecule has 0 unspecified atom stereocenters. The molecule has 1 aromatic carbocycles. The van der Waals surface area contributed by atoms with Crippen LogP contribution in [0.15, 0.2) is 72.1 Å². The average Bonchev–Trinajstić information content (AvgIpc) is 3.32. The van der Waals surface area contributed by atoms with Crippen LogP contribution in [0.5, 0.6) is 0 Å². The van der Waals surface area contributed by atoms with Crippen LogP contribution in [0.1, 0.15) is 25.1 Å². The van der Waals surface area contributed by atoms with Gasteiger partial charge in [-0.05, 0) is 74.6 Å². The van der Waals surface area contributed by atoms with E-state index in [4.69, 9.17) is 27.4 Å². The minimum atomic E-state index is 0.0954. The second-order valence-corrected chi connectivity index (χ2v) is 8.33. The van der Waals surface area contributed by atoms with Crippen LogP contribution in [-0.2, 0) is 4.74 Å². The van der Waals surface area contributed by atoms with E-state index in [0.29, 0.717) is 10.7 Å². The standard InChI is InChI=1S/C24H27N7OS/c1-16-14-31(15-17(2)32-16)23(21-4-3-11-27-21)30-22(25)18-5-7-19(8-6-18)28-24(33)29-20-9-12-26-13-10-20/h3-13,16-17,25,27H,14-15H2,1-2H3,(H2,26,28,29,33)/t16-,17+. The van der Waals surface area contributed by atoms with E-state index in [1.807, 2.05) is 54.7 Å². The van der Waals surface area contributed by atoms with Gasteiger partial charge in [-0.25, -0.2) is 4.99 Å². The van der Waals surface area contributed by atoms with Crippen molar-refractivity contribution < 1.29 is 4.74 Å². The Bertz CT molecular complexity index is 1100. The second kappa shape index (κ2) is 10.4. The first-order valence-electron chi connectivity index (χ1n) is 10.8. The summed E-state index contributed by atoms with van der Waals surface area (Å²) in [4.78, 5) is 14.1. The minimum absolute atomic E-state index is 0.0954. The summed E-state index contributed by atoms with van der Waals surface area (Å²) in [5.41, 5.74) is 3.28. The van der Waals surface area contributed by atoms with Crippen molar-refractivity contribution in [1.29, 1.82) is 5.41 Å². The number of hydrogen-bond acceptors (Lipinski definition) is 4. The van der Waals surface area contributed by atoms with E-state index in [-0.39, 0.29) is 18.0 Å². The third kappa shape index (κ3) is 6.03. The van der Waals surface area contributed by atoms with Gasteiger partial charge in [0.15, 0.2) is 16.8 Å². The number of nitrogens with one attached hydrogen (secondary N) is 4. The van der Waals surface area contributed by atoms with Gasteiger partial charge in [-0.15, -0.1) is 0 Å². The van der Waals surface area contributed by atoms with Gasteiger partial charge >= 0.3 is 0 Å². The SMILES string of the molecule is C[C@@H]1CN(C(=NC(=N)c2ccc(NC(=S)Nc3ccncc3)cc2)c2ccc[nH]2)C[C@H](C)O1. The number of aromatic nitrogens is 2. The molecule has 1 aliphatic rings. The molecule has 3 aromatic rings. The molecule has 4 rings (SSSR count). The molecule has 0 spiro atoms. The van der Waals surface area contributed by atoms with Crippen molar-refractivity contribution >= 4 is 40.4 Å². The van der Waals surface area contributed by atoms with Gasteiger partial charge in [0, 0.05) is 48.6 Å². The fourth-order valence-corrected chi connectivity index (χ4v) is 3.97. The number of H-pyrrole nitrogens is 1. The Labute approximate surface area is 198 Å².